The zero-order valence-electron chi connectivity index (χ0n) is 15.0. The Balaban J connectivity index is 2.23. The first kappa shape index (κ1) is 17.9. The van der Waals surface area contributed by atoms with Crippen LogP contribution in [-0.4, -0.2) is 23.9 Å². The Morgan fingerprint density at radius 1 is 1.21 bits per heavy atom. The van der Waals surface area contributed by atoms with Crippen LogP contribution in [0.15, 0.2) is 57.6 Å². The van der Waals surface area contributed by atoms with Crippen molar-refractivity contribution < 1.29 is 0 Å². The Kier molecular flexibility index (Phi) is 6.24. The van der Waals surface area contributed by atoms with Crippen molar-refractivity contribution in [2.24, 2.45) is 15.0 Å². The number of aliphatic imine (C=N–C) groups is 3. The van der Waals surface area contributed by atoms with E-state index in [2.05, 4.69) is 58.9 Å². The first-order valence-electron chi connectivity index (χ1n) is 8.45. The van der Waals surface area contributed by atoms with E-state index in [1.54, 1.807) is 12.3 Å². The van der Waals surface area contributed by atoms with E-state index < -0.39 is 0 Å². The van der Waals surface area contributed by atoms with E-state index in [4.69, 9.17) is 0 Å². The minimum atomic E-state index is -0.102. The molecule has 1 aliphatic heterocycles. The summed E-state index contributed by atoms with van der Waals surface area (Å²) in [5.41, 5.74) is 5.35. The number of benzene rings is 1. The van der Waals surface area contributed by atoms with Gasteiger partial charge in [-0.05, 0) is 56.0 Å². The molecule has 0 saturated carbocycles. The van der Waals surface area contributed by atoms with Crippen LogP contribution in [0.4, 0.5) is 5.69 Å². The van der Waals surface area contributed by atoms with Crippen LogP contribution in [0.5, 0.6) is 0 Å². The van der Waals surface area contributed by atoms with Gasteiger partial charge in [-0.25, -0.2) is 9.98 Å². The second-order valence-corrected chi connectivity index (χ2v) is 5.82. The molecule has 1 atom stereocenters. The minimum absolute atomic E-state index is 0.102. The molecule has 1 heterocycles. The highest BCUT2D eigenvalue weighted by Crippen LogP contribution is 2.18. The lowest BCUT2D eigenvalue weighted by Crippen LogP contribution is -2.18. The van der Waals surface area contributed by atoms with Crippen LogP contribution in [0, 0.1) is 0 Å². The molecule has 0 amide bonds. The fourth-order valence-corrected chi connectivity index (χ4v) is 2.51. The predicted octanol–water partition coefficient (Wildman–Crippen LogP) is 4.58. The molecule has 1 unspecified atom stereocenters. The molecule has 0 saturated heterocycles. The molecule has 126 valence electrons. The van der Waals surface area contributed by atoms with Gasteiger partial charge in [0, 0.05) is 11.9 Å². The third-order valence-corrected chi connectivity index (χ3v) is 3.74. The number of hydrogen-bond acceptors (Lipinski definition) is 3. The van der Waals surface area contributed by atoms with Crippen molar-refractivity contribution in [1.29, 1.82) is 0 Å². The molecule has 4 nitrogen and oxygen atoms in total. The number of aryl methyl sites for hydroxylation is 2. The molecule has 24 heavy (non-hydrogen) atoms. The number of anilines is 1. The van der Waals surface area contributed by atoms with Crippen molar-refractivity contribution in [3.63, 3.8) is 0 Å². The smallest absolute Gasteiger partial charge is 0.175 e. The molecule has 1 aromatic carbocycles. The van der Waals surface area contributed by atoms with Crippen LogP contribution >= 0.6 is 0 Å². The van der Waals surface area contributed by atoms with E-state index in [9.17, 15) is 0 Å². The largest absolute Gasteiger partial charge is 0.364 e. The van der Waals surface area contributed by atoms with E-state index >= 15 is 0 Å². The lowest BCUT2D eigenvalue weighted by atomic mass is 10.1. The van der Waals surface area contributed by atoms with Crippen LogP contribution < -0.4 is 5.32 Å². The van der Waals surface area contributed by atoms with Gasteiger partial charge in [-0.15, -0.1) is 0 Å². The van der Waals surface area contributed by atoms with Gasteiger partial charge in [-0.3, -0.25) is 4.99 Å². The zero-order chi connectivity index (χ0) is 17.5. The summed E-state index contributed by atoms with van der Waals surface area (Å²) in [6.07, 6.45) is 7.21. The van der Waals surface area contributed by atoms with Crippen molar-refractivity contribution >= 4 is 23.4 Å². The Bertz CT molecular complexity index is 701. The van der Waals surface area contributed by atoms with Crippen molar-refractivity contribution in [2.75, 3.05) is 5.32 Å². The topological polar surface area (TPSA) is 49.1 Å². The molecule has 1 aromatic rings. The first-order valence-corrected chi connectivity index (χ1v) is 8.45. The van der Waals surface area contributed by atoms with Crippen LogP contribution in [0.25, 0.3) is 0 Å². The standard InChI is InChI=1S/C20H26N4/c1-6-9-19-20(22-14(4)13-21-19)24-15(5)23-18-11-16(7-2)10-17(8-3)12-18/h6,9-13,15,23H,1,7-8H2,2-5H3/b19-9+,24-20+. The zero-order valence-corrected chi connectivity index (χ0v) is 15.0. The van der Waals surface area contributed by atoms with Gasteiger partial charge >= 0.3 is 0 Å². The highest BCUT2D eigenvalue weighted by molar-refractivity contribution is 6.35. The summed E-state index contributed by atoms with van der Waals surface area (Å²) >= 11 is 0. The number of allylic oxidation sites excluding steroid dienone is 2. The lowest BCUT2D eigenvalue weighted by molar-refractivity contribution is 0.848. The molecule has 2 rings (SSSR count). The van der Waals surface area contributed by atoms with Gasteiger partial charge in [0.15, 0.2) is 5.84 Å². The number of nitrogens with zero attached hydrogens (tertiary/aromatic N) is 3. The van der Waals surface area contributed by atoms with Crippen LogP contribution in [-0.2, 0) is 12.8 Å². The van der Waals surface area contributed by atoms with Crippen LogP contribution in [0.2, 0.25) is 0 Å². The molecule has 0 spiro atoms. The fraction of sp³-hybridized carbons (Fsp3) is 0.350. The quantitative estimate of drug-likeness (QED) is 0.818. The van der Waals surface area contributed by atoms with Crippen molar-refractivity contribution in [1.82, 2.24) is 0 Å². The second-order valence-electron chi connectivity index (χ2n) is 5.82. The van der Waals surface area contributed by atoms with E-state index in [-0.39, 0.29) is 6.17 Å². The molecular weight excluding hydrogens is 296 g/mol. The summed E-state index contributed by atoms with van der Waals surface area (Å²) in [6.45, 7) is 12.0. The third-order valence-electron chi connectivity index (χ3n) is 3.74. The maximum absolute atomic E-state index is 4.68. The Labute approximate surface area is 144 Å². The van der Waals surface area contributed by atoms with E-state index in [1.165, 1.54) is 11.1 Å². The van der Waals surface area contributed by atoms with Gasteiger partial charge < -0.3 is 5.32 Å². The summed E-state index contributed by atoms with van der Waals surface area (Å²) in [6, 6.07) is 6.63. The molecule has 0 fully saturated rings. The fourth-order valence-electron chi connectivity index (χ4n) is 2.51. The van der Waals surface area contributed by atoms with Crippen molar-refractivity contribution in [3.05, 3.63) is 53.8 Å². The number of rotatable bonds is 6. The predicted molar refractivity (Wildman–Crippen MR) is 106 cm³/mol. The Morgan fingerprint density at radius 2 is 1.88 bits per heavy atom. The monoisotopic (exact) mass is 322 g/mol. The first-order chi connectivity index (χ1) is 11.5. The number of hydrogen-bond donors (Lipinski definition) is 1. The van der Waals surface area contributed by atoms with Gasteiger partial charge in [-0.2, -0.15) is 0 Å². The summed E-state index contributed by atoms with van der Waals surface area (Å²) < 4.78 is 0. The van der Waals surface area contributed by atoms with Gasteiger partial charge in [-0.1, -0.05) is 32.6 Å². The average Bonchev–Trinajstić information content (AvgIpc) is 2.56. The van der Waals surface area contributed by atoms with E-state index in [1.807, 2.05) is 19.9 Å². The molecular formula is C20H26N4. The van der Waals surface area contributed by atoms with Gasteiger partial charge in [0.1, 0.15) is 11.9 Å². The molecule has 0 bridgehead atoms. The Hall–Kier alpha value is -2.49. The second kappa shape index (κ2) is 8.39. The number of nitrogens with one attached hydrogen (secondary N) is 1. The highest BCUT2D eigenvalue weighted by Gasteiger charge is 2.11. The molecule has 0 aromatic heterocycles. The molecule has 1 aliphatic rings. The van der Waals surface area contributed by atoms with Crippen molar-refractivity contribution in [2.45, 2.75) is 46.7 Å². The van der Waals surface area contributed by atoms with E-state index in [0.717, 1.165) is 29.9 Å². The van der Waals surface area contributed by atoms with Crippen LogP contribution in [0.1, 0.15) is 38.8 Å². The number of amidine groups is 1. The lowest BCUT2D eigenvalue weighted by Gasteiger charge is -2.16. The summed E-state index contributed by atoms with van der Waals surface area (Å²) in [5.74, 6) is 0.636. The minimum Gasteiger partial charge on any atom is -0.364 e. The molecule has 0 aliphatic carbocycles. The maximum atomic E-state index is 4.68. The molecule has 0 radical (unpaired) electrons. The van der Waals surface area contributed by atoms with Gasteiger partial charge in [0.25, 0.3) is 0 Å². The van der Waals surface area contributed by atoms with Gasteiger partial charge in [0.2, 0.25) is 0 Å². The summed E-state index contributed by atoms with van der Waals surface area (Å²) in [7, 11) is 0. The van der Waals surface area contributed by atoms with Crippen molar-refractivity contribution in [3.8, 4) is 0 Å². The highest BCUT2D eigenvalue weighted by atomic mass is 15.1. The van der Waals surface area contributed by atoms with Gasteiger partial charge in [0.05, 0.1) is 5.71 Å². The Morgan fingerprint density at radius 3 is 2.46 bits per heavy atom. The summed E-state index contributed by atoms with van der Waals surface area (Å²) in [5, 5.41) is 3.45. The molecule has 1 N–H and O–H groups in total. The SMILES string of the molecule is C=C/C=C1/N=CC(C)=N/C1=N/C(C)Nc1cc(CC)cc(CC)c1. The summed E-state index contributed by atoms with van der Waals surface area (Å²) in [4.78, 5) is 13.5. The van der Waals surface area contributed by atoms with E-state index in [0.29, 0.717) is 5.84 Å². The molecule has 4 heteroatoms. The normalized spacial score (nSPS) is 18.6. The third kappa shape index (κ3) is 4.75. The average molecular weight is 322 g/mol. The van der Waals surface area contributed by atoms with Crippen LogP contribution in [0.3, 0.4) is 0 Å². The maximum Gasteiger partial charge on any atom is 0.175 e.